The minimum atomic E-state index is -0.361. The van der Waals surface area contributed by atoms with E-state index in [1.165, 1.54) is 13.8 Å². The van der Waals surface area contributed by atoms with Gasteiger partial charge in [0.2, 0.25) is 11.1 Å². The Hall–Kier alpha value is -0.650. The number of carbonyl (C=O) groups excluding carboxylic acids is 2. The first-order valence-corrected chi connectivity index (χ1v) is 9.96. The molecule has 0 aliphatic rings. The number of carbonyl (C=O) groups is 2. The third kappa shape index (κ3) is 77.6. The maximum atomic E-state index is 10.4. The maximum absolute atomic E-state index is 10.4. The summed E-state index contributed by atoms with van der Waals surface area (Å²) < 4.78 is 0. The molecule has 1 amide bonds. The number of amides is 1. The van der Waals surface area contributed by atoms with Crippen LogP contribution in [0, 0.1) is 16.2 Å². The highest BCUT2D eigenvalue weighted by Gasteiger charge is 2.09. The van der Waals surface area contributed by atoms with Crippen molar-refractivity contribution in [3.8, 4) is 0 Å². The topological polar surface area (TPSA) is 84.2 Å². The summed E-state index contributed by atoms with van der Waals surface area (Å²) in [6, 6.07) is 0. The number of nitrogens with two attached hydrogens (primary N) is 1. The molecule has 0 aliphatic heterocycles. The molecule has 0 radical (unpaired) electrons. The van der Waals surface area contributed by atoms with Crippen LogP contribution in [0.25, 0.3) is 0 Å². The zero-order valence-corrected chi connectivity index (χ0v) is 20.9. The Labute approximate surface area is 174 Å². The van der Waals surface area contributed by atoms with E-state index in [1.807, 2.05) is 0 Å². The van der Waals surface area contributed by atoms with Crippen LogP contribution in [-0.4, -0.2) is 37.3 Å². The van der Waals surface area contributed by atoms with Gasteiger partial charge in [-0.15, -0.1) is 0 Å². The lowest BCUT2D eigenvalue weighted by atomic mass is 9.97. The van der Waals surface area contributed by atoms with Gasteiger partial charge >= 0.3 is 0 Å². The van der Waals surface area contributed by atoms with E-state index in [4.69, 9.17) is 5.73 Å². The average Bonchev–Trinajstić information content (AvgIpc) is 2.41. The van der Waals surface area contributed by atoms with Crippen molar-refractivity contribution in [3.05, 3.63) is 0 Å². The fourth-order valence-corrected chi connectivity index (χ4v) is 0.890. The lowest BCUT2D eigenvalue weighted by Gasteiger charge is -2.17. The Balaban J connectivity index is -0.000000136. The highest BCUT2D eigenvalue weighted by atomic mass is 35.5. The monoisotopic (exact) mass is 409 g/mol. The molecule has 0 saturated heterocycles. The third-order valence-corrected chi connectivity index (χ3v) is 2.39. The molecule has 27 heavy (non-hydrogen) atoms. The van der Waals surface area contributed by atoms with Crippen LogP contribution in [0.4, 0.5) is 0 Å². The van der Waals surface area contributed by atoms with E-state index in [-0.39, 0.29) is 16.6 Å². The van der Waals surface area contributed by atoms with E-state index < -0.39 is 0 Å². The molecule has 0 aliphatic carbocycles. The SMILES string of the molecule is CC(=O)Cl.CC(=O)NCC(C)(C)C.CC(C)(C)CN.CCNCC(C)(C)C. The minimum absolute atomic E-state index is 0.0462. The van der Waals surface area contributed by atoms with Crippen LogP contribution in [0.1, 0.15) is 83.1 Å². The molecule has 0 saturated carbocycles. The molecule has 5 nitrogen and oxygen atoms in total. The summed E-state index contributed by atoms with van der Waals surface area (Å²) in [5, 5.41) is 5.67. The first-order chi connectivity index (χ1) is 11.8. The molecule has 0 unspecified atom stereocenters. The molecule has 0 rings (SSSR count). The van der Waals surface area contributed by atoms with Crippen molar-refractivity contribution in [1.29, 1.82) is 0 Å². The molecular weight excluding hydrogens is 362 g/mol. The Bertz CT molecular complexity index is 361. The number of nitrogens with one attached hydrogen (secondary N) is 2. The summed E-state index contributed by atoms with van der Waals surface area (Å²) in [5.41, 5.74) is 6.27. The van der Waals surface area contributed by atoms with Crippen molar-refractivity contribution < 1.29 is 9.59 Å². The molecule has 0 bridgehead atoms. The first kappa shape index (κ1) is 33.9. The molecule has 0 fully saturated rings. The van der Waals surface area contributed by atoms with Gasteiger partial charge in [0, 0.05) is 20.4 Å². The summed E-state index contributed by atoms with van der Waals surface area (Å²) in [6.07, 6.45) is 0. The normalized spacial score (nSPS) is 10.9. The molecular formula is C21H48ClN3O2. The second kappa shape index (κ2) is 17.4. The zero-order valence-electron chi connectivity index (χ0n) is 20.1. The van der Waals surface area contributed by atoms with Gasteiger partial charge in [-0.2, -0.15) is 0 Å². The lowest BCUT2D eigenvalue weighted by molar-refractivity contribution is -0.119. The molecule has 0 aromatic heterocycles. The molecule has 4 N–H and O–H groups in total. The van der Waals surface area contributed by atoms with E-state index in [1.54, 1.807) is 0 Å². The molecule has 0 aromatic carbocycles. The van der Waals surface area contributed by atoms with E-state index in [2.05, 4.69) is 91.5 Å². The van der Waals surface area contributed by atoms with Gasteiger partial charge in [0.05, 0.1) is 0 Å². The van der Waals surface area contributed by atoms with Gasteiger partial charge in [0.15, 0.2) is 0 Å². The summed E-state index contributed by atoms with van der Waals surface area (Å²) in [4.78, 5) is 19.6. The predicted octanol–water partition coefficient (Wildman–Crippen LogP) is 4.57. The van der Waals surface area contributed by atoms with Gasteiger partial charge in [-0.05, 0) is 47.5 Å². The number of rotatable bonds is 3. The van der Waals surface area contributed by atoms with Crippen LogP contribution in [0.3, 0.4) is 0 Å². The summed E-state index contributed by atoms with van der Waals surface area (Å²) in [5.74, 6) is 0.0462. The van der Waals surface area contributed by atoms with Gasteiger partial charge in [-0.3, -0.25) is 9.59 Å². The largest absolute Gasteiger partial charge is 0.356 e. The van der Waals surface area contributed by atoms with Gasteiger partial charge in [-0.25, -0.2) is 0 Å². The first-order valence-electron chi connectivity index (χ1n) is 9.58. The molecule has 166 valence electrons. The average molecular weight is 410 g/mol. The Morgan fingerprint density at radius 1 is 0.815 bits per heavy atom. The van der Waals surface area contributed by atoms with Crippen molar-refractivity contribution in [2.75, 3.05) is 26.2 Å². The van der Waals surface area contributed by atoms with E-state index in [9.17, 15) is 9.59 Å². The Morgan fingerprint density at radius 3 is 1.19 bits per heavy atom. The van der Waals surface area contributed by atoms with Gasteiger partial charge in [-0.1, -0.05) is 69.2 Å². The highest BCUT2D eigenvalue weighted by Crippen LogP contribution is 2.10. The molecule has 6 heteroatoms. The second-order valence-electron chi connectivity index (χ2n) is 10.0. The fourth-order valence-electron chi connectivity index (χ4n) is 0.890. The van der Waals surface area contributed by atoms with Crippen molar-refractivity contribution in [2.24, 2.45) is 22.0 Å². The predicted molar refractivity (Wildman–Crippen MR) is 121 cm³/mol. The van der Waals surface area contributed by atoms with Crippen LogP contribution in [0.15, 0.2) is 0 Å². The van der Waals surface area contributed by atoms with Gasteiger partial charge < -0.3 is 16.4 Å². The summed E-state index contributed by atoms with van der Waals surface area (Å²) >= 11 is 4.64. The van der Waals surface area contributed by atoms with Crippen molar-refractivity contribution in [3.63, 3.8) is 0 Å². The minimum Gasteiger partial charge on any atom is -0.356 e. The molecule has 0 atom stereocenters. The maximum Gasteiger partial charge on any atom is 0.218 e. The zero-order chi connectivity index (χ0) is 22.9. The van der Waals surface area contributed by atoms with Crippen LogP contribution in [-0.2, 0) is 9.59 Å². The van der Waals surface area contributed by atoms with Crippen molar-refractivity contribution in [2.45, 2.75) is 83.1 Å². The number of hydrogen-bond acceptors (Lipinski definition) is 4. The van der Waals surface area contributed by atoms with Crippen LogP contribution in [0.2, 0.25) is 0 Å². The second-order valence-corrected chi connectivity index (χ2v) is 10.6. The van der Waals surface area contributed by atoms with Crippen molar-refractivity contribution in [1.82, 2.24) is 10.6 Å². The van der Waals surface area contributed by atoms with Crippen LogP contribution < -0.4 is 16.4 Å². The standard InChI is InChI=1S/C7H15NO.C7H17N.C5H13N.C2H3ClO/c1-6(9)8-5-7(2,3)4;1-5-8-6-7(2,3)4;1-5(2,3)4-6;1-2(3)4/h5H2,1-4H3,(H,8,9);8H,5-6H2,1-4H3;4,6H2,1-3H3;1H3. The number of hydrogen-bond donors (Lipinski definition) is 3. The number of halogens is 1. The summed E-state index contributed by atoms with van der Waals surface area (Å²) in [7, 11) is 0. The molecule has 0 spiro atoms. The fraction of sp³-hybridized carbons (Fsp3) is 0.905. The third-order valence-electron chi connectivity index (χ3n) is 2.39. The van der Waals surface area contributed by atoms with Crippen molar-refractivity contribution >= 4 is 22.8 Å². The Morgan fingerprint density at radius 2 is 1.11 bits per heavy atom. The summed E-state index contributed by atoms with van der Waals surface area (Å²) in [6.45, 7) is 28.0. The Kier molecular flexibility index (Phi) is 21.9. The smallest absolute Gasteiger partial charge is 0.218 e. The van der Waals surface area contributed by atoms with Gasteiger partial charge in [0.25, 0.3) is 0 Å². The quantitative estimate of drug-likeness (QED) is 0.596. The van der Waals surface area contributed by atoms with E-state index in [0.717, 1.165) is 26.2 Å². The lowest BCUT2D eigenvalue weighted by Crippen LogP contribution is -2.30. The van der Waals surface area contributed by atoms with E-state index in [0.29, 0.717) is 10.8 Å². The van der Waals surface area contributed by atoms with E-state index >= 15 is 0 Å². The molecule has 0 heterocycles. The van der Waals surface area contributed by atoms with Crippen LogP contribution in [0.5, 0.6) is 0 Å². The molecule has 0 aromatic rings. The van der Waals surface area contributed by atoms with Gasteiger partial charge in [0.1, 0.15) is 0 Å². The van der Waals surface area contributed by atoms with Crippen LogP contribution >= 0.6 is 11.6 Å². The highest BCUT2D eigenvalue weighted by molar-refractivity contribution is 6.62.